The van der Waals surface area contributed by atoms with Crippen molar-refractivity contribution in [3.63, 3.8) is 0 Å². The lowest BCUT2D eigenvalue weighted by Gasteiger charge is -2.39. The van der Waals surface area contributed by atoms with Crippen LogP contribution in [0.2, 0.25) is 0 Å². The molecule has 3 heterocycles. The molecule has 1 unspecified atom stereocenters. The minimum atomic E-state index is -2.89. The molecule has 9 heteroatoms. The van der Waals surface area contributed by atoms with Gasteiger partial charge in [-0.2, -0.15) is 25.6 Å². The van der Waals surface area contributed by atoms with Crippen LogP contribution in [0.5, 0.6) is 11.5 Å². The molecule has 2 aromatic rings. The molecule has 162 valence electrons. The number of aromatic nitrogens is 2. The van der Waals surface area contributed by atoms with E-state index in [4.69, 9.17) is 9.84 Å². The van der Waals surface area contributed by atoms with Crippen LogP contribution in [0.3, 0.4) is 0 Å². The van der Waals surface area contributed by atoms with E-state index in [1.54, 1.807) is 12.1 Å². The smallest absolute Gasteiger partial charge is 0.387 e. The highest BCUT2D eigenvalue weighted by molar-refractivity contribution is 8.00. The van der Waals surface area contributed by atoms with Gasteiger partial charge in [0.2, 0.25) is 5.91 Å². The molecular formula is C21H25F2N3O3S. The van der Waals surface area contributed by atoms with Gasteiger partial charge in [0, 0.05) is 29.5 Å². The van der Waals surface area contributed by atoms with Crippen LogP contribution in [0, 0.1) is 5.92 Å². The van der Waals surface area contributed by atoms with E-state index >= 15 is 0 Å². The largest absolute Gasteiger partial charge is 0.488 e. The van der Waals surface area contributed by atoms with E-state index in [2.05, 4.69) is 17.0 Å². The summed E-state index contributed by atoms with van der Waals surface area (Å²) < 4.78 is 37.6. The Balaban J connectivity index is 1.62. The average Bonchev–Trinajstić information content (AvgIpc) is 3.05. The lowest BCUT2D eigenvalue weighted by molar-refractivity contribution is -0.127. The van der Waals surface area contributed by atoms with Crippen LogP contribution in [0.1, 0.15) is 32.5 Å². The molecule has 30 heavy (non-hydrogen) atoms. The van der Waals surface area contributed by atoms with Crippen molar-refractivity contribution in [1.29, 1.82) is 0 Å². The predicted octanol–water partition coefficient (Wildman–Crippen LogP) is 3.91. The fourth-order valence-corrected chi connectivity index (χ4v) is 4.71. The maximum absolute atomic E-state index is 12.8. The van der Waals surface area contributed by atoms with Crippen molar-refractivity contribution in [3.8, 4) is 22.8 Å². The van der Waals surface area contributed by atoms with E-state index in [-0.39, 0.29) is 35.8 Å². The number of thioether (sulfide) groups is 1. The maximum atomic E-state index is 12.8. The highest BCUT2D eigenvalue weighted by Crippen LogP contribution is 2.40. The normalized spacial score (nSPS) is 19.8. The first-order chi connectivity index (χ1) is 14.3. The Morgan fingerprint density at radius 1 is 1.40 bits per heavy atom. The van der Waals surface area contributed by atoms with Crippen LogP contribution in [0.25, 0.3) is 11.3 Å². The second kappa shape index (κ2) is 8.09. The molecule has 2 aliphatic rings. The Bertz CT molecular complexity index is 944. The maximum Gasteiger partial charge on any atom is 0.387 e. The quantitative estimate of drug-likeness (QED) is 0.743. The van der Waals surface area contributed by atoms with E-state index in [0.29, 0.717) is 23.4 Å². The zero-order valence-corrected chi connectivity index (χ0v) is 18.0. The van der Waals surface area contributed by atoms with Crippen LogP contribution >= 0.6 is 11.8 Å². The summed E-state index contributed by atoms with van der Waals surface area (Å²) in [7, 11) is 0. The molecule has 4 rings (SSSR count). The standard InChI is InChI=1S/C21H25F2N3O3S/c1-12(2)26-16-8-14(19(27)24-21(3)10-30-11-21)9-28-18(16)17(25-26)13-5-4-6-15(7-13)29-20(22)23/h4-7,12,14,20H,8-11H2,1-3H3,(H,24,27). The summed E-state index contributed by atoms with van der Waals surface area (Å²) >= 11 is 1.82. The van der Waals surface area contributed by atoms with Crippen molar-refractivity contribution < 1.29 is 23.0 Å². The minimum Gasteiger partial charge on any atom is -0.488 e. The van der Waals surface area contributed by atoms with Gasteiger partial charge in [0.15, 0.2) is 5.75 Å². The second-order valence-electron chi connectivity index (χ2n) is 8.32. The highest BCUT2D eigenvalue weighted by Gasteiger charge is 2.38. The van der Waals surface area contributed by atoms with Gasteiger partial charge < -0.3 is 14.8 Å². The number of alkyl halides is 2. The van der Waals surface area contributed by atoms with E-state index < -0.39 is 6.61 Å². The number of halogens is 2. The number of benzene rings is 1. The highest BCUT2D eigenvalue weighted by atomic mass is 32.2. The van der Waals surface area contributed by atoms with Gasteiger partial charge in [-0.05, 0) is 32.9 Å². The van der Waals surface area contributed by atoms with Gasteiger partial charge >= 0.3 is 6.61 Å². The van der Waals surface area contributed by atoms with E-state index in [0.717, 1.165) is 17.2 Å². The number of carbonyl (C=O) groups excluding carboxylic acids is 1. The molecule has 0 spiro atoms. The van der Waals surface area contributed by atoms with E-state index in [9.17, 15) is 13.6 Å². The van der Waals surface area contributed by atoms with Crippen molar-refractivity contribution >= 4 is 17.7 Å². The SMILES string of the molecule is CC(C)n1nc(-c2cccc(OC(F)F)c2)c2c1CC(C(=O)NC1(C)CSC1)CO2. The second-order valence-corrected chi connectivity index (χ2v) is 9.31. The third-order valence-electron chi connectivity index (χ3n) is 5.29. The lowest BCUT2D eigenvalue weighted by atomic mass is 9.96. The fraction of sp³-hybridized carbons (Fsp3) is 0.524. The molecule has 1 aromatic heterocycles. The molecule has 0 bridgehead atoms. The minimum absolute atomic E-state index is 0.00571. The molecular weight excluding hydrogens is 412 g/mol. The fourth-order valence-electron chi connectivity index (χ4n) is 3.75. The number of amides is 1. The van der Waals surface area contributed by atoms with Gasteiger partial charge in [-0.3, -0.25) is 9.48 Å². The van der Waals surface area contributed by atoms with Gasteiger partial charge in [-0.1, -0.05) is 12.1 Å². The third-order valence-corrected chi connectivity index (χ3v) is 6.97. The van der Waals surface area contributed by atoms with Crippen LogP contribution in [-0.2, 0) is 11.2 Å². The topological polar surface area (TPSA) is 65.4 Å². The van der Waals surface area contributed by atoms with Crippen molar-refractivity contribution in [3.05, 3.63) is 30.0 Å². The van der Waals surface area contributed by atoms with Gasteiger partial charge in [-0.15, -0.1) is 0 Å². The zero-order chi connectivity index (χ0) is 21.5. The van der Waals surface area contributed by atoms with Crippen LogP contribution in [0.4, 0.5) is 8.78 Å². The van der Waals surface area contributed by atoms with Crippen molar-refractivity contribution in [1.82, 2.24) is 15.1 Å². The Labute approximate surface area is 178 Å². The van der Waals surface area contributed by atoms with Gasteiger partial charge in [0.25, 0.3) is 0 Å². The zero-order valence-electron chi connectivity index (χ0n) is 17.2. The molecule has 2 aliphatic heterocycles. The number of ether oxygens (including phenoxy) is 2. The third kappa shape index (κ3) is 4.12. The van der Waals surface area contributed by atoms with E-state index in [1.807, 2.05) is 30.3 Å². The number of hydrogen-bond acceptors (Lipinski definition) is 5. The molecule has 1 amide bonds. The molecule has 1 fully saturated rings. The Kier molecular flexibility index (Phi) is 5.65. The van der Waals surface area contributed by atoms with Crippen LogP contribution < -0.4 is 14.8 Å². The molecule has 1 saturated heterocycles. The Morgan fingerprint density at radius 3 is 2.80 bits per heavy atom. The number of nitrogens with zero attached hydrogens (tertiary/aromatic N) is 2. The molecule has 6 nitrogen and oxygen atoms in total. The first kappa shape index (κ1) is 21.0. The van der Waals surface area contributed by atoms with Crippen molar-refractivity contribution in [2.45, 2.75) is 45.4 Å². The summed E-state index contributed by atoms with van der Waals surface area (Å²) in [5, 5.41) is 7.84. The summed E-state index contributed by atoms with van der Waals surface area (Å²) in [5.41, 5.74) is 1.90. The number of nitrogens with one attached hydrogen (secondary N) is 1. The monoisotopic (exact) mass is 437 g/mol. The van der Waals surface area contributed by atoms with Gasteiger partial charge in [0.1, 0.15) is 18.1 Å². The summed E-state index contributed by atoms with van der Waals surface area (Å²) in [4.78, 5) is 12.8. The van der Waals surface area contributed by atoms with Crippen molar-refractivity contribution in [2.24, 2.45) is 5.92 Å². The molecule has 0 radical (unpaired) electrons. The molecule has 1 atom stereocenters. The van der Waals surface area contributed by atoms with Crippen LogP contribution in [0.15, 0.2) is 24.3 Å². The molecule has 0 aliphatic carbocycles. The van der Waals surface area contributed by atoms with Crippen LogP contribution in [-0.4, -0.2) is 46.0 Å². The number of hydrogen-bond donors (Lipinski definition) is 1. The van der Waals surface area contributed by atoms with Crippen molar-refractivity contribution in [2.75, 3.05) is 18.1 Å². The average molecular weight is 438 g/mol. The Morgan fingerprint density at radius 2 is 2.17 bits per heavy atom. The summed E-state index contributed by atoms with van der Waals surface area (Å²) in [6.45, 7) is 3.43. The summed E-state index contributed by atoms with van der Waals surface area (Å²) in [5.74, 6) is 2.21. The number of fused-ring (bicyclic) bond motifs is 1. The summed E-state index contributed by atoms with van der Waals surface area (Å²) in [6, 6.07) is 6.48. The molecule has 1 aromatic carbocycles. The lowest BCUT2D eigenvalue weighted by Crippen LogP contribution is -2.57. The molecule has 1 N–H and O–H groups in total. The van der Waals surface area contributed by atoms with Gasteiger partial charge in [-0.25, -0.2) is 0 Å². The first-order valence-electron chi connectivity index (χ1n) is 9.95. The Hall–Kier alpha value is -2.29. The summed E-state index contributed by atoms with van der Waals surface area (Å²) in [6.07, 6.45) is 0.517. The van der Waals surface area contributed by atoms with Gasteiger partial charge in [0.05, 0.1) is 17.2 Å². The number of rotatable bonds is 6. The molecule has 0 saturated carbocycles. The predicted molar refractivity (Wildman–Crippen MR) is 111 cm³/mol. The number of carbonyl (C=O) groups is 1. The first-order valence-corrected chi connectivity index (χ1v) is 11.1. The van der Waals surface area contributed by atoms with E-state index in [1.165, 1.54) is 12.1 Å².